The highest BCUT2D eigenvalue weighted by molar-refractivity contribution is 6.29. The van der Waals surface area contributed by atoms with Crippen molar-refractivity contribution in [3.63, 3.8) is 0 Å². The van der Waals surface area contributed by atoms with Crippen LogP contribution in [0, 0.1) is 0 Å². The molecule has 0 amide bonds. The van der Waals surface area contributed by atoms with Crippen LogP contribution in [0.5, 0.6) is 0 Å². The van der Waals surface area contributed by atoms with E-state index in [1.54, 1.807) is 0 Å². The van der Waals surface area contributed by atoms with E-state index in [2.05, 4.69) is 185 Å². The van der Waals surface area contributed by atoms with Gasteiger partial charge in [-0.3, -0.25) is 4.57 Å². The van der Waals surface area contributed by atoms with Gasteiger partial charge in [0.1, 0.15) is 0 Å². The smallest absolute Gasteiger partial charge is 0.238 e. The van der Waals surface area contributed by atoms with Crippen molar-refractivity contribution in [3.8, 4) is 45.5 Å². The third kappa shape index (κ3) is 5.18. The molecule has 62 heavy (non-hydrogen) atoms. The van der Waals surface area contributed by atoms with Crippen LogP contribution in [0.3, 0.4) is 0 Å². The lowest BCUT2D eigenvalue weighted by atomic mass is 9.92. The minimum Gasteiger partial charge on any atom is -0.309 e. The number of aromatic nitrogens is 5. The maximum atomic E-state index is 5.20. The maximum Gasteiger partial charge on any atom is 0.238 e. The first-order valence-corrected chi connectivity index (χ1v) is 21.0. The largest absolute Gasteiger partial charge is 0.309 e. The lowest BCUT2D eigenvalue weighted by Crippen LogP contribution is -2.06. The molecule has 0 aliphatic carbocycles. The van der Waals surface area contributed by atoms with Gasteiger partial charge in [0.15, 0.2) is 11.6 Å². The molecule has 5 heteroatoms. The predicted octanol–water partition coefficient (Wildman–Crippen LogP) is 14.5. The van der Waals surface area contributed by atoms with E-state index in [0.29, 0.717) is 17.6 Å². The van der Waals surface area contributed by atoms with Crippen molar-refractivity contribution in [2.75, 3.05) is 0 Å². The van der Waals surface area contributed by atoms with E-state index in [0.717, 1.165) is 44.3 Å². The molecule has 0 aliphatic rings. The molecule has 0 N–H and O–H groups in total. The number of hydrogen-bond donors (Lipinski definition) is 0. The van der Waals surface area contributed by atoms with Gasteiger partial charge in [-0.05, 0) is 85.9 Å². The van der Waals surface area contributed by atoms with Gasteiger partial charge >= 0.3 is 0 Å². The summed E-state index contributed by atoms with van der Waals surface area (Å²) in [5, 5.41) is 12.2. The van der Waals surface area contributed by atoms with Gasteiger partial charge in [0.2, 0.25) is 5.95 Å². The summed E-state index contributed by atoms with van der Waals surface area (Å²) < 4.78 is 4.66. The van der Waals surface area contributed by atoms with Gasteiger partial charge in [-0.1, -0.05) is 170 Å². The van der Waals surface area contributed by atoms with Crippen molar-refractivity contribution < 1.29 is 0 Å². The van der Waals surface area contributed by atoms with E-state index in [-0.39, 0.29) is 0 Å². The van der Waals surface area contributed by atoms with Gasteiger partial charge < -0.3 is 4.57 Å². The molecule has 13 aromatic rings. The second-order valence-corrected chi connectivity index (χ2v) is 16.0. The molecule has 0 unspecified atom stereocenters. The molecule has 288 valence electrons. The first-order valence-electron chi connectivity index (χ1n) is 21.0. The first-order chi connectivity index (χ1) is 30.8. The van der Waals surface area contributed by atoms with Crippen LogP contribution < -0.4 is 0 Å². The number of hydrogen-bond acceptors (Lipinski definition) is 3. The van der Waals surface area contributed by atoms with E-state index in [9.17, 15) is 0 Å². The molecular formula is C57H35N5. The quantitative estimate of drug-likeness (QED) is 0.163. The SMILES string of the molecule is c1ccc(-c2ccc3c4ccc(-n5c6ccccc6c6c7c8ccccc8n(-c8nc(-c9ccccc9)nc(-c9ccccc9)n8)c7ccc65)cc4c4ccccc4c3c2)cc1. The molecule has 13 rings (SSSR count). The Morgan fingerprint density at radius 1 is 0.258 bits per heavy atom. The van der Waals surface area contributed by atoms with Gasteiger partial charge in [-0.2, -0.15) is 9.97 Å². The number of benzene rings is 10. The van der Waals surface area contributed by atoms with E-state index in [1.165, 1.54) is 59.6 Å². The molecule has 0 saturated carbocycles. The molecule has 0 atom stereocenters. The zero-order valence-electron chi connectivity index (χ0n) is 33.4. The predicted molar refractivity (Wildman–Crippen MR) is 257 cm³/mol. The summed E-state index contributed by atoms with van der Waals surface area (Å²) in [6, 6.07) is 75.7. The van der Waals surface area contributed by atoms with Crippen LogP contribution >= 0.6 is 0 Å². The highest BCUT2D eigenvalue weighted by atomic mass is 15.2. The fraction of sp³-hybridized carbons (Fsp3) is 0. The van der Waals surface area contributed by atoms with Crippen molar-refractivity contribution >= 4 is 75.9 Å². The van der Waals surface area contributed by atoms with Gasteiger partial charge in [-0.15, -0.1) is 0 Å². The molecule has 3 heterocycles. The van der Waals surface area contributed by atoms with E-state index in [1.807, 2.05) is 36.4 Å². The number of rotatable bonds is 5. The van der Waals surface area contributed by atoms with Crippen LogP contribution in [0.25, 0.3) is 121 Å². The second-order valence-electron chi connectivity index (χ2n) is 16.0. The molecule has 3 aromatic heterocycles. The molecule has 0 saturated heterocycles. The summed E-state index contributed by atoms with van der Waals surface area (Å²) in [4.78, 5) is 15.4. The highest BCUT2D eigenvalue weighted by Crippen LogP contribution is 2.44. The van der Waals surface area contributed by atoms with E-state index >= 15 is 0 Å². The molecule has 0 radical (unpaired) electrons. The third-order valence-corrected chi connectivity index (χ3v) is 12.5. The van der Waals surface area contributed by atoms with Gasteiger partial charge in [0, 0.05) is 38.4 Å². The van der Waals surface area contributed by atoms with E-state index < -0.39 is 0 Å². The van der Waals surface area contributed by atoms with Crippen molar-refractivity contribution in [1.29, 1.82) is 0 Å². The lowest BCUT2D eigenvalue weighted by molar-refractivity contribution is 0.953. The van der Waals surface area contributed by atoms with Crippen molar-refractivity contribution in [2.45, 2.75) is 0 Å². The van der Waals surface area contributed by atoms with Crippen LogP contribution in [0.1, 0.15) is 0 Å². The Balaban J connectivity index is 1.07. The summed E-state index contributed by atoms with van der Waals surface area (Å²) in [5.74, 6) is 1.84. The van der Waals surface area contributed by atoms with Gasteiger partial charge in [-0.25, -0.2) is 4.98 Å². The molecule has 0 bridgehead atoms. The zero-order chi connectivity index (χ0) is 40.7. The Bertz CT molecular complexity index is 3830. The Kier molecular flexibility index (Phi) is 7.54. The van der Waals surface area contributed by atoms with Crippen molar-refractivity contribution in [2.24, 2.45) is 0 Å². The minimum atomic E-state index is 0.580. The van der Waals surface area contributed by atoms with Crippen LogP contribution in [-0.4, -0.2) is 24.1 Å². The summed E-state index contributed by atoms with van der Waals surface area (Å²) in [6.07, 6.45) is 0. The summed E-state index contributed by atoms with van der Waals surface area (Å²) in [6.45, 7) is 0. The Hall–Kier alpha value is -8.41. The Labute approximate surface area is 356 Å². The van der Waals surface area contributed by atoms with Crippen LogP contribution in [-0.2, 0) is 0 Å². The molecular weight excluding hydrogens is 755 g/mol. The highest BCUT2D eigenvalue weighted by Gasteiger charge is 2.23. The summed E-state index contributed by atoms with van der Waals surface area (Å²) >= 11 is 0. The molecule has 5 nitrogen and oxygen atoms in total. The lowest BCUT2D eigenvalue weighted by Gasteiger charge is -2.15. The topological polar surface area (TPSA) is 48.5 Å². The molecule has 10 aromatic carbocycles. The van der Waals surface area contributed by atoms with E-state index in [4.69, 9.17) is 15.0 Å². The monoisotopic (exact) mass is 789 g/mol. The Morgan fingerprint density at radius 2 is 0.694 bits per heavy atom. The van der Waals surface area contributed by atoms with Gasteiger partial charge in [0.25, 0.3) is 0 Å². The van der Waals surface area contributed by atoms with Gasteiger partial charge in [0.05, 0.1) is 22.1 Å². The van der Waals surface area contributed by atoms with Crippen LogP contribution in [0.2, 0.25) is 0 Å². The number of para-hydroxylation sites is 2. The minimum absolute atomic E-state index is 0.580. The molecule has 0 fully saturated rings. The van der Waals surface area contributed by atoms with Crippen LogP contribution in [0.15, 0.2) is 212 Å². The average molecular weight is 790 g/mol. The standard InChI is InChI=1S/C57H35N5/c1-4-16-36(17-5-1)39-28-30-43-44-31-29-40(35-48(44)42-23-11-10-22-41(42)47(43)34-39)61-49-26-14-12-24-45(49)53-51(61)32-33-52-54(53)46-25-13-15-27-50(46)62(52)57-59-55(37-18-6-2-7-19-37)58-56(60-57)38-20-8-3-9-21-38/h1-35H. The fourth-order valence-corrected chi connectivity index (χ4v) is 9.80. The van der Waals surface area contributed by atoms with Crippen molar-refractivity contribution in [1.82, 2.24) is 24.1 Å². The first kappa shape index (κ1) is 34.5. The third-order valence-electron chi connectivity index (χ3n) is 12.5. The molecule has 0 aliphatic heterocycles. The maximum absolute atomic E-state index is 5.20. The Morgan fingerprint density at radius 3 is 1.27 bits per heavy atom. The summed E-state index contributed by atoms with van der Waals surface area (Å²) in [5.41, 5.74) is 9.81. The fourth-order valence-electron chi connectivity index (χ4n) is 9.80. The average Bonchev–Trinajstić information content (AvgIpc) is 3.87. The summed E-state index contributed by atoms with van der Waals surface area (Å²) in [7, 11) is 0. The number of nitrogens with zero attached hydrogens (tertiary/aromatic N) is 5. The zero-order valence-corrected chi connectivity index (χ0v) is 33.4. The second kappa shape index (κ2) is 13.6. The van der Waals surface area contributed by atoms with Crippen LogP contribution in [0.4, 0.5) is 0 Å². The normalized spacial score (nSPS) is 11.9. The number of fused-ring (bicyclic) bond motifs is 13. The van der Waals surface area contributed by atoms with Crippen molar-refractivity contribution in [3.05, 3.63) is 212 Å². The molecule has 0 spiro atoms.